The van der Waals surface area contributed by atoms with E-state index >= 15 is 0 Å². The molecule has 1 fully saturated rings. The predicted molar refractivity (Wildman–Crippen MR) is 85.2 cm³/mol. The van der Waals surface area contributed by atoms with Crippen molar-refractivity contribution < 1.29 is 14.7 Å². The van der Waals surface area contributed by atoms with Gasteiger partial charge >= 0.3 is 5.97 Å². The third-order valence-corrected chi connectivity index (χ3v) is 5.64. The van der Waals surface area contributed by atoms with E-state index in [4.69, 9.17) is 0 Å². The summed E-state index contributed by atoms with van der Waals surface area (Å²) in [6, 6.07) is 9.84. The van der Waals surface area contributed by atoms with Crippen LogP contribution in [0.4, 0.5) is 0 Å². The molecule has 2 atom stereocenters. The summed E-state index contributed by atoms with van der Waals surface area (Å²) in [5, 5.41) is 9.56. The number of rotatable bonds is 4. The molecule has 2 unspecified atom stereocenters. The highest BCUT2D eigenvalue weighted by atomic mass is 16.4. The molecule has 1 amide bonds. The Morgan fingerprint density at radius 3 is 2.32 bits per heavy atom. The Bertz CT molecular complexity index is 567. The van der Waals surface area contributed by atoms with E-state index in [0.29, 0.717) is 19.4 Å². The van der Waals surface area contributed by atoms with Crippen molar-refractivity contribution in [3.63, 3.8) is 0 Å². The van der Waals surface area contributed by atoms with Crippen LogP contribution in [0.5, 0.6) is 0 Å². The molecule has 2 rings (SSSR count). The molecule has 120 valence electrons. The van der Waals surface area contributed by atoms with Gasteiger partial charge in [0.2, 0.25) is 5.91 Å². The number of carbonyl (C=O) groups is 2. The van der Waals surface area contributed by atoms with E-state index in [1.165, 1.54) is 0 Å². The standard InChI is InChI=1S/C18H25NO3/c1-17(2)14(10-11-18(17,3)16(21)22)15(20)19(4)12-13-8-6-5-7-9-13/h5-9,14H,10-12H2,1-4H3,(H,21,22). The predicted octanol–water partition coefficient (Wildman–Crippen LogP) is 3.17. The second-order valence-electron chi connectivity index (χ2n) is 7.13. The number of carboxylic acid groups (broad SMARTS) is 1. The zero-order valence-electron chi connectivity index (χ0n) is 13.8. The van der Waals surface area contributed by atoms with Crippen LogP contribution in [-0.2, 0) is 16.1 Å². The zero-order chi connectivity index (χ0) is 16.5. The van der Waals surface area contributed by atoms with Gasteiger partial charge in [-0.25, -0.2) is 0 Å². The molecule has 0 radical (unpaired) electrons. The molecule has 0 heterocycles. The van der Waals surface area contributed by atoms with Crippen LogP contribution in [0.2, 0.25) is 0 Å². The number of amides is 1. The summed E-state index contributed by atoms with van der Waals surface area (Å²) >= 11 is 0. The maximum absolute atomic E-state index is 12.8. The lowest BCUT2D eigenvalue weighted by Crippen LogP contribution is -2.45. The van der Waals surface area contributed by atoms with Gasteiger partial charge in [-0.1, -0.05) is 44.2 Å². The van der Waals surface area contributed by atoms with Crippen LogP contribution in [0.25, 0.3) is 0 Å². The summed E-state index contributed by atoms with van der Waals surface area (Å²) in [7, 11) is 1.79. The van der Waals surface area contributed by atoms with Crippen molar-refractivity contribution in [1.29, 1.82) is 0 Å². The number of benzene rings is 1. The van der Waals surface area contributed by atoms with Crippen LogP contribution in [0, 0.1) is 16.7 Å². The Balaban J connectivity index is 2.15. The average molecular weight is 303 g/mol. The highest BCUT2D eigenvalue weighted by Crippen LogP contribution is 2.56. The largest absolute Gasteiger partial charge is 0.481 e. The third-order valence-electron chi connectivity index (χ3n) is 5.64. The van der Waals surface area contributed by atoms with E-state index in [0.717, 1.165) is 5.56 Å². The molecular weight excluding hydrogens is 278 g/mol. The van der Waals surface area contributed by atoms with E-state index in [1.807, 2.05) is 44.2 Å². The molecule has 1 aliphatic rings. The number of hydrogen-bond donors (Lipinski definition) is 1. The molecule has 1 aromatic rings. The molecule has 1 N–H and O–H groups in total. The minimum atomic E-state index is -0.846. The lowest BCUT2D eigenvalue weighted by molar-refractivity contribution is -0.156. The quantitative estimate of drug-likeness (QED) is 0.929. The fourth-order valence-corrected chi connectivity index (χ4v) is 3.52. The summed E-state index contributed by atoms with van der Waals surface area (Å²) in [6.45, 7) is 6.13. The highest BCUT2D eigenvalue weighted by molar-refractivity contribution is 5.83. The van der Waals surface area contributed by atoms with Gasteiger partial charge in [0.25, 0.3) is 0 Å². The monoisotopic (exact) mass is 303 g/mol. The fourth-order valence-electron chi connectivity index (χ4n) is 3.52. The van der Waals surface area contributed by atoms with Gasteiger partial charge in [0, 0.05) is 19.5 Å². The van der Waals surface area contributed by atoms with Crippen molar-refractivity contribution in [2.75, 3.05) is 7.05 Å². The Hall–Kier alpha value is -1.84. The Morgan fingerprint density at radius 2 is 1.82 bits per heavy atom. The molecule has 0 spiro atoms. The average Bonchev–Trinajstić information content (AvgIpc) is 2.71. The van der Waals surface area contributed by atoms with Crippen molar-refractivity contribution in [2.24, 2.45) is 16.7 Å². The summed E-state index contributed by atoms with van der Waals surface area (Å²) in [6.07, 6.45) is 1.18. The molecule has 1 aliphatic carbocycles. The van der Waals surface area contributed by atoms with Gasteiger partial charge in [-0.2, -0.15) is 0 Å². The second-order valence-corrected chi connectivity index (χ2v) is 7.13. The van der Waals surface area contributed by atoms with Crippen molar-refractivity contribution in [1.82, 2.24) is 4.90 Å². The zero-order valence-corrected chi connectivity index (χ0v) is 13.8. The molecule has 0 saturated heterocycles. The summed E-state index contributed by atoms with van der Waals surface area (Å²) < 4.78 is 0. The smallest absolute Gasteiger partial charge is 0.309 e. The maximum atomic E-state index is 12.8. The number of nitrogens with zero attached hydrogens (tertiary/aromatic N) is 1. The van der Waals surface area contributed by atoms with Crippen LogP contribution in [0.1, 0.15) is 39.2 Å². The molecule has 1 aromatic carbocycles. The number of carbonyl (C=O) groups excluding carboxylic acids is 1. The molecule has 0 aliphatic heterocycles. The van der Waals surface area contributed by atoms with Crippen LogP contribution in [0.15, 0.2) is 30.3 Å². The van der Waals surface area contributed by atoms with E-state index in [1.54, 1.807) is 18.9 Å². The molecule has 0 bridgehead atoms. The van der Waals surface area contributed by atoms with E-state index in [2.05, 4.69) is 0 Å². The Morgan fingerprint density at radius 1 is 1.23 bits per heavy atom. The van der Waals surface area contributed by atoms with E-state index in [9.17, 15) is 14.7 Å². The van der Waals surface area contributed by atoms with Crippen molar-refractivity contribution in [2.45, 2.75) is 40.2 Å². The molecule has 0 aromatic heterocycles. The Kier molecular flexibility index (Phi) is 4.32. The van der Waals surface area contributed by atoms with Crippen molar-refractivity contribution >= 4 is 11.9 Å². The molecule has 4 nitrogen and oxygen atoms in total. The first-order chi connectivity index (χ1) is 10.2. The normalized spacial score (nSPS) is 26.6. The molecule has 4 heteroatoms. The lowest BCUT2D eigenvalue weighted by Gasteiger charge is -2.39. The number of hydrogen-bond acceptors (Lipinski definition) is 2. The summed E-state index contributed by atoms with van der Waals surface area (Å²) in [5.41, 5.74) is -0.322. The first-order valence-corrected chi connectivity index (χ1v) is 7.72. The van der Waals surface area contributed by atoms with Crippen LogP contribution in [-0.4, -0.2) is 28.9 Å². The van der Waals surface area contributed by atoms with Crippen molar-refractivity contribution in [3.8, 4) is 0 Å². The van der Waals surface area contributed by atoms with E-state index < -0.39 is 16.8 Å². The minimum absolute atomic E-state index is 0.0406. The van der Waals surface area contributed by atoms with Gasteiger partial charge in [-0.05, 0) is 30.7 Å². The Labute approximate surface area is 132 Å². The maximum Gasteiger partial charge on any atom is 0.309 e. The number of carboxylic acids is 1. The molecule has 22 heavy (non-hydrogen) atoms. The van der Waals surface area contributed by atoms with Gasteiger partial charge in [-0.3, -0.25) is 9.59 Å². The first-order valence-electron chi connectivity index (χ1n) is 7.72. The van der Waals surface area contributed by atoms with Crippen LogP contribution >= 0.6 is 0 Å². The highest BCUT2D eigenvalue weighted by Gasteiger charge is 2.58. The molecular formula is C18H25NO3. The number of aliphatic carboxylic acids is 1. The minimum Gasteiger partial charge on any atom is -0.481 e. The lowest BCUT2D eigenvalue weighted by atomic mass is 9.65. The summed E-state index contributed by atoms with van der Waals surface area (Å²) in [4.78, 5) is 26.2. The van der Waals surface area contributed by atoms with Crippen LogP contribution < -0.4 is 0 Å². The van der Waals surface area contributed by atoms with Gasteiger partial charge < -0.3 is 10.0 Å². The first kappa shape index (κ1) is 16.5. The van der Waals surface area contributed by atoms with Gasteiger partial charge in [0.05, 0.1) is 5.41 Å². The summed E-state index contributed by atoms with van der Waals surface area (Å²) in [5.74, 6) is -1.01. The second kappa shape index (κ2) is 5.75. The van der Waals surface area contributed by atoms with Gasteiger partial charge in [-0.15, -0.1) is 0 Å². The van der Waals surface area contributed by atoms with Crippen LogP contribution in [0.3, 0.4) is 0 Å². The fraction of sp³-hybridized carbons (Fsp3) is 0.556. The van der Waals surface area contributed by atoms with Gasteiger partial charge in [0.15, 0.2) is 0 Å². The van der Waals surface area contributed by atoms with E-state index in [-0.39, 0.29) is 11.8 Å². The van der Waals surface area contributed by atoms with Gasteiger partial charge in [0.1, 0.15) is 0 Å². The molecule has 1 saturated carbocycles. The SMILES string of the molecule is CN(Cc1ccccc1)C(=O)C1CCC(C)(C(=O)O)C1(C)C. The van der Waals surface area contributed by atoms with Crippen molar-refractivity contribution in [3.05, 3.63) is 35.9 Å². The topological polar surface area (TPSA) is 57.6 Å². The third kappa shape index (κ3) is 2.62.